The summed E-state index contributed by atoms with van der Waals surface area (Å²) in [6.07, 6.45) is 3.93. The average molecular weight is 452 g/mol. The van der Waals surface area contributed by atoms with Gasteiger partial charge in [0.25, 0.3) is 5.56 Å². The first-order valence-corrected chi connectivity index (χ1v) is 11.4. The Kier molecular flexibility index (Phi) is 6.70. The number of unbranched alkanes of at least 4 members (excludes halogenated alkanes) is 1. The molecule has 0 unspecified atom stereocenters. The summed E-state index contributed by atoms with van der Waals surface area (Å²) in [5, 5.41) is 4.42. The van der Waals surface area contributed by atoms with E-state index in [0.29, 0.717) is 40.0 Å². The Hall–Kier alpha value is -3.39. The van der Waals surface area contributed by atoms with Crippen LogP contribution in [0.2, 0.25) is 0 Å². The van der Waals surface area contributed by atoms with Crippen LogP contribution in [0.5, 0.6) is 17.2 Å². The number of nitrogens with zero attached hydrogens (tertiary/aromatic N) is 3. The molecule has 2 aromatic carbocycles. The Morgan fingerprint density at radius 1 is 1.06 bits per heavy atom. The summed E-state index contributed by atoms with van der Waals surface area (Å²) in [7, 11) is 1.59. The maximum Gasteiger partial charge on any atom is 0.291 e. The number of rotatable bonds is 9. The van der Waals surface area contributed by atoms with Crippen LogP contribution in [0.1, 0.15) is 32.3 Å². The third-order valence-electron chi connectivity index (χ3n) is 4.85. The lowest BCUT2D eigenvalue weighted by molar-refractivity contribution is 0.309. The summed E-state index contributed by atoms with van der Waals surface area (Å²) >= 11 is 1.30. The van der Waals surface area contributed by atoms with Gasteiger partial charge in [0.15, 0.2) is 17.3 Å². The maximum absolute atomic E-state index is 12.9. The van der Waals surface area contributed by atoms with E-state index in [2.05, 4.69) is 17.0 Å². The van der Waals surface area contributed by atoms with E-state index in [0.717, 1.165) is 29.7 Å². The molecule has 0 aliphatic rings. The summed E-state index contributed by atoms with van der Waals surface area (Å²) in [6.45, 7) is 5.30. The lowest BCUT2D eigenvalue weighted by Crippen LogP contribution is -2.23. The van der Waals surface area contributed by atoms with Gasteiger partial charge in [-0.1, -0.05) is 30.7 Å². The maximum atomic E-state index is 12.9. The topological polar surface area (TPSA) is 75.0 Å². The van der Waals surface area contributed by atoms with Crippen molar-refractivity contribution >= 4 is 22.4 Å². The minimum atomic E-state index is -0.198. The first kappa shape index (κ1) is 21.8. The van der Waals surface area contributed by atoms with Gasteiger partial charge in [0.1, 0.15) is 5.75 Å². The lowest BCUT2D eigenvalue weighted by Gasteiger charge is -2.09. The minimum Gasteiger partial charge on any atom is -0.494 e. The third kappa shape index (κ3) is 4.60. The summed E-state index contributed by atoms with van der Waals surface area (Å²) < 4.78 is 18.5. The first-order chi connectivity index (χ1) is 15.6. The van der Waals surface area contributed by atoms with Crippen LogP contribution in [-0.2, 0) is 0 Å². The molecule has 2 aromatic heterocycles. The predicted molar refractivity (Wildman–Crippen MR) is 126 cm³/mol. The standard InChI is InChI=1S/C24H25N3O4S/c1-4-6-13-31-18-10-8-17(9-11-18)22-25-24-27(26-22)23(28)21(32-24)15-16-7-12-19(30-5-2)20(14-16)29-3/h7-12,14-15H,4-6,13H2,1-3H3/b21-15+. The van der Waals surface area contributed by atoms with Crippen LogP contribution in [0.4, 0.5) is 0 Å². The van der Waals surface area contributed by atoms with Crippen LogP contribution in [0.3, 0.4) is 0 Å². The van der Waals surface area contributed by atoms with Crippen molar-refractivity contribution in [2.45, 2.75) is 26.7 Å². The molecule has 0 fully saturated rings. The Morgan fingerprint density at radius 2 is 1.88 bits per heavy atom. The SMILES string of the molecule is CCCCOc1ccc(-c2nc3s/c(=C/c4ccc(OCC)c(OC)c4)c(=O)n3n2)cc1. The third-order valence-corrected chi connectivity index (χ3v) is 5.81. The number of hydrogen-bond acceptors (Lipinski definition) is 7. The Labute approximate surface area is 189 Å². The Balaban J connectivity index is 1.60. The average Bonchev–Trinajstić information content (AvgIpc) is 3.35. The molecule has 166 valence electrons. The molecule has 4 aromatic rings. The summed E-state index contributed by atoms with van der Waals surface area (Å²) in [4.78, 5) is 18.0. The molecule has 0 spiro atoms. The second-order valence-electron chi connectivity index (χ2n) is 7.12. The van der Waals surface area contributed by atoms with Crippen molar-refractivity contribution in [3.8, 4) is 28.6 Å². The van der Waals surface area contributed by atoms with Crippen molar-refractivity contribution in [2.24, 2.45) is 0 Å². The molecule has 0 radical (unpaired) electrons. The van der Waals surface area contributed by atoms with Crippen molar-refractivity contribution in [1.29, 1.82) is 0 Å². The van der Waals surface area contributed by atoms with Gasteiger partial charge in [-0.15, -0.1) is 5.10 Å². The van der Waals surface area contributed by atoms with E-state index in [-0.39, 0.29) is 5.56 Å². The van der Waals surface area contributed by atoms with Crippen molar-refractivity contribution < 1.29 is 14.2 Å². The van der Waals surface area contributed by atoms with Gasteiger partial charge in [0, 0.05) is 5.56 Å². The number of fused-ring (bicyclic) bond motifs is 1. The number of aromatic nitrogens is 3. The van der Waals surface area contributed by atoms with Crippen LogP contribution >= 0.6 is 11.3 Å². The molecule has 0 bridgehead atoms. The number of hydrogen-bond donors (Lipinski definition) is 0. The predicted octanol–water partition coefficient (Wildman–Crippen LogP) is 3.95. The number of benzene rings is 2. The number of thiazole rings is 1. The molecule has 0 saturated heterocycles. The summed E-state index contributed by atoms with van der Waals surface area (Å²) in [5.41, 5.74) is 1.48. The van der Waals surface area contributed by atoms with Crippen molar-refractivity contribution in [3.05, 3.63) is 62.9 Å². The smallest absolute Gasteiger partial charge is 0.291 e. The molecular weight excluding hydrogens is 426 g/mol. The normalized spacial score (nSPS) is 11.8. The van der Waals surface area contributed by atoms with Crippen LogP contribution in [0, 0.1) is 0 Å². The second-order valence-corrected chi connectivity index (χ2v) is 8.12. The summed E-state index contributed by atoms with van der Waals surface area (Å²) in [6, 6.07) is 13.2. The van der Waals surface area contributed by atoms with E-state index >= 15 is 0 Å². The van der Waals surface area contributed by atoms with Gasteiger partial charge >= 0.3 is 0 Å². The highest BCUT2D eigenvalue weighted by atomic mass is 32.1. The fraction of sp³-hybridized carbons (Fsp3) is 0.292. The molecule has 0 N–H and O–H groups in total. The molecule has 0 amide bonds. The number of ether oxygens (including phenoxy) is 3. The van der Waals surface area contributed by atoms with E-state index in [1.807, 2.05) is 55.5 Å². The van der Waals surface area contributed by atoms with Gasteiger partial charge < -0.3 is 14.2 Å². The van der Waals surface area contributed by atoms with Gasteiger partial charge in [0.2, 0.25) is 4.96 Å². The highest BCUT2D eigenvalue weighted by Crippen LogP contribution is 2.28. The van der Waals surface area contributed by atoms with Crippen LogP contribution in [0.25, 0.3) is 22.4 Å². The van der Waals surface area contributed by atoms with Crippen LogP contribution in [-0.4, -0.2) is 34.9 Å². The van der Waals surface area contributed by atoms with Gasteiger partial charge in [-0.3, -0.25) is 4.79 Å². The molecule has 2 heterocycles. The number of methoxy groups -OCH3 is 1. The van der Waals surface area contributed by atoms with Gasteiger partial charge in [0.05, 0.1) is 24.9 Å². The molecule has 0 atom stereocenters. The fourth-order valence-corrected chi connectivity index (χ4v) is 4.10. The van der Waals surface area contributed by atoms with Crippen molar-refractivity contribution in [1.82, 2.24) is 14.6 Å². The summed E-state index contributed by atoms with van der Waals surface area (Å²) in [5.74, 6) is 2.62. The molecule has 8 heteroatoms. The zero-order chi connectivity index (χ0) is 22.5. The molecular formula is C24H25N3O4S. The highest BCUT2D eigenvalue weighted by Gasteiger charge is 2.12. The monoisotopic (exact) mass is 451 g/mol. The van der Waals surface area contributed by atoms with E-state index in [1.54, 1.807) is 7.11 Å². The van der Waals surface area contributed by atoms with Crippen LogP contribution < -0.4 is 24.3 Å². The quantitative estimate of drug-likeness (QED) is 0.359. The molecule has 0 aliphatic carbocycles. The largest absolute Gasteiger partial charge is 0.494 e. The van der Waals surface area contributed by atoms with E-state index in [4.69, 9.17) is 14.2 Å². The van der Waals surface area contributed by atoms with Crippen molar-refractivity contribution in [2.75, 3.05) is 20.3 Å². The van der Waals surface area contributed by atoms with E-state index in [9.17, 15) is 4.79 Å². The van der Waals surface area contributed by atoms with E-state index < -0.39 is 0 Å². The Bertz CT molecular complexity index is 1310. The minimum absolute atomic E-state index is 0.198. The van der Waals surface area contributed by atoms with E-state index in [1.165, 1.54) is 15.9 Å². The molecule has 0 saturated carbocycles. The Morgan fingerprint density at radius 3 is 2.56 bits per heavy atom. The van der Waals surface area contributed by atoms with Gasteiger partial charge in [-0.05, 0) is 61.4 Å². The van der Waals surface area contributed by atoms with Crippen molar-refractivity contribution in [3.63, 3.8) is 0 Å². The fourth-order valence-electron chi connectivity index (χ4n) is 3.19. The lowest BCUT2D eigenvalue weighted by atomic mass is 10.2. The van der Waals surface area contributed by atoms with Crippen LogP contribution in [0.15, 0.2) is 47.3 Å². The zero-order valence-electron chi connectivity index (χ0n) is 18.3. The second kappa shape index (κ2) is 9.82. The zero-order valence-corrected chi connectivity index (χ0v) is 19.1. The molecule has 0 aliphatic heterocycles. The molecule has 4 rings (SSSR count). The molecule has 7 nitrogen and oxygen atoms in total. The van der Waals surface area contributed by atoms with Gasteiger partial charge in [-0.2, -0.15) is 9.50 Å². The molecule has 32 heavy (non-hydrogen) atoms. The first-order valence-electron chi connectivity index (χ1n) is 10.6. The highest BCUT2D eigenvalue weighted by molar-refractivity contribution is 7.15. The van der Waals surface area contributed by atoms with Gasteiger partial charge in [-0.25, -0.2) is 0 Å².